The van der Waals surface area contributed by atoms with Crippen LogP contribution < -0.4 is 4.74 Å². The normalized spacial score (nSPS) is 13.5. The van der Waals surface area contributed by atoms with Gasteiger partial charge in [0.1, 0.15) is 11.6 Å². The van der Waals surface area contributed by atoms with E-state index in [0.29, 0.717) is 18.4 Å². The molecule has 0 aliphatic heterocycles. The van der Waals surface area contributed by atoms with Gasteiger partial charge in [-0.1, -0.05) is 142 Å². The van der Waals surface area contributed by atoms with E-state index in [1.165, 1.54) is 61.9 Å². The van der Waals surface area contributed by atoms with Crippen LogP contribution in [0.15, 0.2) is 63.6 Å². The van der Waals surface area contributed by atoms with Gasteiger partial charge in [-0.2, -0.15) is 0 Å². The molecule has 5 aromatic rings. The van der Waals surface area contributed by atoms with E-state index in [2.05, 4.69) is 125 Å². The van der Waals surface area contributed by atoms with Crippen molar-refractivity contribution in [3.63, 3.8) is 0 Å². The number of rotatable bonds is 12. The first-order chi connectivity index (χ1) is 22.5. The molecule has 244 valence electrons. The molecule has 1 atom stereocenters. The number of hydrogen-bond donors (Lipinski definition) is 0. The number of halogens is 2. The number of hydrogen-bond acceptors (Lipinski definition) is 2. The largest absolute Gasteiger partial charge is 0.493 e. The van der Waals surface area contributed by atoms with Crippen LogP contribution in [0.5, 0.6) is 5.75 Å². The molecule has 6 rings (SSSR count). The smallest absolute Gasteiger partial charge is 0.145 e. The Hall–Kier alpha value is -2.63. The highest BCUT2D eigenvalue weighted by atomic mass is 79.9. The minimum Gasteiger partial charge on any atom is -0.493 e. The van der Waals surface area contributed by atoms with E-state index in [9.17, 15) is 0 Å². The second-order valence-corrected chi connectivity index (χ2v) is 14.4. The standard InChI is InChI=1S/C39H44Br2N2O.C2H6/c1-5-9-12-26(8-4)23-43-38-34-22-29(41)17-19-32(34)31-18-16-28(40)21-33(31)37(38)42-39(43)36-30-14-11-10-13-27(30)15-20-35(36)44-24-25(6-2)7-3;1-2/h10-11,13-16,18,20-22,25-26H,5-9,12,17,19,23-24H2,1-4H3;1-2H3. The summed E-state index contributed by atoms with van der Waals surface area (Å²) in [6, 6.07) is 19.8. The SMILES string of the molecule is CC.CCCCC(CC)Cn1c(-c2c(OCC(CC)CC)ccc3ccccc23)nc2c3cc(Br)ccc3c3c(c21)C=C(Br)CC3. The first-order valence-electron chi connectivity index (χ1n) is 17.6. The Morgan fingerprint density at radius 1 is 0.848 bits per heavy atom. The predicted octanol–water partition coefficient (Wildman–Crippen LogP) is 13.5. The van der Waals surface area contributed by atoms with Crippen LogP contribution in [-0.4, -0.2) is 16.2 Å². The van der Waals surface area contributed by atoms with Gasteiger partial charge >= 0.3 is 0 Å². The summed E-state index contributed by atoms with van der Waals surface area (Å²) in [5, 5.41) is 4.94. The zero-order chi connectivity index (χ0) is 32.8. The Morgan fingerprint density at radius 2 is 1.61 bits per heavy atom. The van der Waals surface area contributed by atoms with Crippen LogP contribution in [0.25, 0.3) is 50.0 Å². The van der Waals surface area contributed by atoms with Crippen molar-refractivity contribution in [1.82, 2.24) is 9.55 Å². The summed E-state index contributed by atoms with van der Waals surface area (Å²) in [5.41, 5.74) is 6.20. The Morgan fingerprint density at radius 3 is 2.35 bits per heavy atom. The first-order valence-corrected chi connectivity index (χ1v) is 19.2. The molecule has 3 nitrogen and oxygen atoms in total. The van der Waals surface area contributed by atoms with Gasteiger partial charge in [-0.15, -0.1) is 0 Å². The van der Waals surface area contributed by atoms with Crippen LogP contribution in [0.3, 0.4) is 0 Å². The third kappa shape index (κ3) is 6.97. The van der Waals surface area contributed by atoms with Gasteiger partial charge < -0.3 is 9.30 Å². The fourth-order valence-corrected chi connectivity index (χ4v) is 7.74. The summed E-state index contributed by atoms with van der Waals surface area (Å²) in [6.07, 6.45) is 11.5. The number of allylic oxidation sites excluding steroid dienone is 1. The monoisotopic (exact) mass is 744 g/mol. The number of benzene rings is 4. The lowest BCUT2D eigenvalue weighted by Gasteiger charge is -2.23. The highest BCUT2D eigenvalue weighted by molar-refractivity contribution is 9.11. The number of unbranched alkanes of at least 4 members (excludes halogenated alkanes) is 1. The van der Waals surface area contributed by atoms with Gasteiger partial charge in [0.05, 0.1) is 23.2 Å². The van der Waals surface area contributed by atoms with E-state index in [1.807, 2.05) is 13.8 Å². The van der Waals surface area contributed by atoms with Gasteiger partial charge in [0.15, 0.2) is 0 Å². The van der Waals surface area contributed by atoms with Crippen molar-refractivity contribution >= 4 is 70.5 Å². The number of aryl methyl sites for hydroxylation is 1. The number of fused-ring (bicyclic) bond motifs is 7. The van der Waals surface area contributed by atoms with Crippen molar-refractivity contribution in [3.8, 4) is 17.1 Å². The Labute approximate surface area is 293 Å². The molecule has 1 aliphatic rings. The molecule has 0 radical (unpaired) electrons. The summed E-state index contributed by atoms with van der Waals surface area (Å²) in [5.74, 6) is 3.06. The maximum Gasteiger partial charge on any atom is 0.145 e. The molecule has 0 amide bonds. The van der Waals surface area contributed by atoms with E-state index >= 15 is 0 Å². The average molecular weight is 747 g/mol. The molecule has 5 heteroatoms. The van der Waals surface area contributed by atoms with Gasteiger partial charge in [-0.25, -0.2) is 4.98 Å². The summed E-state index contributed by atoms with van der Waals surface area (Å²) in [7, 11) is 0. The minimum absolute atomic E-state index is 0.530. The number of imidazole rings is 1. The lowest BCUT2D eigenvalue weighted by atomic mass is 9.90. The summed E-state index contributed by atoms with van der Waals surface area (Å²) in [4.78, 5) is 5.65. The molecule has 1 heterocycles. The molecule has 1 aliphatic carbocycles. The van der Waals surface area contributed by atoms with Crippen LogP contribution in [0.2, 0.25) is 0 Å². The van der Waals surface area contributed by atoms with Crippen molar-refractivity contribution < 1.29 is 4.74 Å². The molecular weight excluding hydrogens is 696 g/mol. The maximum atomic E-state index is 6.75. The highest BCUT2D eigenvalue weighted by Crippen LogP contribution is 2.45. The minimum atomic E-state index is 0.530. The number of nitrogens with zero attached hydrogens (tertiary/aromatic N) is 2. The molecule has 4 aromatic carbocycles. The van der Waals surface area contributed by atoms with Gasteiger partial charge in [0.2, 0.25) is 0 Å². The molecule has 0 bridgehead atoms. The van der Waals surface area contributed by atoms with E-state index in [4.69, 9.17) is 9.72 Å². The van der Waals surface area contributed by atoms with E-state index in [0.717, 1.165) is 65.8 Å². The van der Waals surface area contributed by atoms with Gasteiger partial charge in [0.25, 0.3) is 0 Å². The molecular formula is C41H50Br2N2O. The predicted molar refractivity (Wildman–Crippen MR) is 207 cm³/mol. The van der Waals surface area contributed by atoms with Crippen molar-refractivity contribution in [1.29, 1.82) is 0 Å². The van der Waals surface area contributed by atoms with Crippen molar-refractivity contribution in [3.05, 3.63) is 74.7 Å². The van der Waals surface area contributed by atoms with Gasteiger partial charge in [0, 0.05) is 22.0 Å². The van der Waals surface area contributed by atoms with Crippen LogP contribution in [0.1, 0.15) is 97.6 Å². The number of aromatic nitrogens is 2. The van der Waals surface area contributed by atoms with Crippen molar-refractivity contribution in [2.75, 3.05) is 6.61 Å². The van der Waals surface area contributed by atoms with E-state index in [-0.39, 0.29) is 0 Å². The average Bonchev–Trinajstić information content (AvgIpc) is 3.46. The molecule has 0 saturated carbocycles. The Bertz CT molecular complexity index is 1830. The molecule has 0 N–H and O–H groups in total. The third-order valence-corrected chi connectivity index (χ3v) is 10.9. The van der Waals surface area contributed by atoms with E-state index in [1.54, 1.807) is 0 Å². The van der Waals surface area contributed by atoms with Crippen LogP contribution in [0.4, 0.5) is 0 Å². The van der Waals surface area contributed by atoms with Gasteiger partial charge in [-0.05, 0) is 81.6 Å². The first kappa shape index (κ1) is 34.7. The molecule has 1 unspecified atom stereocenters. The van der Waals surface area contributed by atoms with Crippen molar-refractivity contribution in [2.24, 2.45) is 11.8 Å². The van der Waals surface area contributed by atoms with Crippen LogP contribution in [0, 0.1) is 11.8 Å². The third-order valence-electron chi connectivity index (χ3n) is 9.75. The highest BCUT2D eigenvalue weighted by Gasteiger charge is 2.27. The zero-order valence-corrected chi connectivity index (χ0v) is 31.7. The zero-order valence-electron chi connectivity index (χ0n) is 28.6. The maximum absolute atomic E-state index is 6.75. The lowest BCUT2D eigenvalue weighted by molar-refractivity contribution is 0.241. The van der Waals surface area contributed by atoms with Gasteiger partial charge in [-0.3, -0.25) is 0 Å². The fourth-order valence-electron chi connectivity index (χ4n) is 6.95. The topological polar surface area (TPSA) is 27.1 Å². The summed E-state index contributed by atoms with van der Waals surface area (Å²) < 4.78 is 11.7. The molecule has 0 spiro atoms. The summed E-state index contributed by atoms with van der Waals surface area (Å²) in [6.45, 7) is 14.8. The Balaban J connectivity index is 0.00000204. The fraction of sp³-hybridized carbons (Fsp3) is 0.439. The quantitative estimate of drug-likeness (QED) is 0.127. The van der Waals surface area contributed by atoms with Crippen LogP contribution in [-0.2, 0) is 13.0 Å². The summed E-state index contributed by atoms with van der Waals surface area (Å²) >= 11 is 7.68. The second-order valence-electron chi connectivity index (χ2n) is 12.5. The molecule has 0 fully saturated rings. The number of ether oxygens (including phenoxy) is 1. The van der Waals surface area contributed by atoms with Crippen molar-refractivity contribution in [2.45, 2.75) is 99.5 Å². The van der Waals surface area contributed by atoms with Crippen LogP contribution >= 0.6 is 31.9 Å². The Kier molecular flexibility index (Phi) is 12.1. The second kappa shape index (κ2) is 16.0. The molecule has 46 heavy (non-hydrogen) atoms. The molecule has 1 aromatic heterocycles. The molecule has 0 saturated heterocycles. The lowest BCUT2D eigenvalue weighted by Crippen LogP contribution is -2.14. The van der Waals surface area contributed by atoms with E-state index < -0.39 is 0 Å².